The summed E-state index contributed by atoms with van der Waals surface area (Å²) in [5.74, 6) is 0.634. The summed E-state index contributed by atoms with van der Waals surface area (Å²) in [5, 5.41) is 0. The zero-order chi connectivity index (χ0) is 21.8. The molecule has 4 rings (SSSR count). The monoisotopic (exact) mass is 417 g/mol. The number of nitrogens with zero attached hydrogens (tertiary/aromatic N) is 1. The van der Waals surface area contributed by atoms with Crippen LogP contribution < -0.4 is 14.4 Å². The predicted octanol–water partition coefficient (Wildman–Crippen LogP) is 5.17. The molecule has 1 amide bonds. The number of methoxy groups -OCH3 is 2. The van der Waals surface area contributed by atoms with Gasteiger partial charge in [0.25, 0.3) is 0 Å². The Hall–Kier alpha value is -3.80. The van der Waals surface area contributed by atoms with E-state index in [1.54, 1.807) is 12.1 Å². The Kier molecular flexibility index (Phi) is 5.89. The summed E-state index contributed by atoms with van der Waals surface area (Å²) in [5.41, 5.74) is 2.51. The molecule has 0 saturated carbocycles. The summed E-state index contributed by atoms with van der Waals surface area (Å²) in [6, 6.07) is 21.9. The molecule has 6 nitrogen and oxygen atoms in total. The second-order valence-corrected chi connectivity index (χ2v) is 7.16. The molecule has 6 heteroatoms. The number of ketones is 1. The fraction of sp³-hybridized carbons (Fsp3) is 0.200. The number of fused-ring (bicyclic) bond motifs is 1. The first-order valence-corrected chi connectivity index (χ1v) is 9.97. The molecule has 1 aliphatic heterocycles. The standard InChI is InChI=1S/C25H23NO5/c1-29-22-14-13-19-23(24(22)30-2)21(27)15-20(18-11-7-4-8-12-18)26(19)25(28)31-16-17-9-5-3-6-10-17/h3-14,20H,15-16H2,1-2H3/t20-/m1/s1. The normalized spacial score (nSPS) is 15.2. The maximum absolute atomic E-state index is 13.3. The summed E-state index contributed by atoms with van der Waals surface area (Å²) in [6.45, 7) is 0.133. The molecule has 0 spiro atoms. The van der Waals surface area contributed by atoms with Crippen LogP contribution in [0.25, 0.3) is 0 Å². The molecule has 1 aliphatic rings. The molecule has 0 bridgehead atoms. The van der Waals surface area contributed by atoms with Crippen molar-refractivity contribution in [1.29, 1.82) is 0 Å². The van der Waals surface area contributed by atoms with Crippen LogP contribution in [0.3, 0.4) is 0 Å². The first kappa shape index (κ1) is 20.5. The van der Waals surface area contributed by atoms with Gasteiger partial charge in [-0.3, -0.25) is 9.69 Å². The van der Waals surface area contributed by atoms with Gasteiger partial charge in [-0.15, -0.1) is 0 Å². The summed E-state index contributed by atoms with van der Waals surface area (Å²) in [6.07, 6.45) is -0.417. The Bertz CT molecular complexity index is 1080. The van der Waals surface area contributed by atoms with Crippen LogP contribution in [0.4, 0.5) is 10.5 Å². The lowest BCUT2D eigenvalue weighted by atomic mass is 9.89. The predicted molar refractivity (Wildman–Crippen MR) is 117 cm³/mol. The van der Waals surface area contributed by atoms with Gasteiger partial charge in [-0.2, -0.15) is 0 Å². The number of hydrogen-bond donors (Lipinski definition) is 0. The van der Waals surface area contributed by atoms with E-state index in [4.69, 9.17) is 14.2 Å². The fourth-order valence-electron chi connectivity index (χ4n) is 3.88. The van der Waals surface area contributed by atoms with Crippen molar-refractivity contribution >= 4 is 17.6 Å². The van der Waals surface area contributed by atoms with Gasteiger partial charge in [0, 0.05) is 6.42 Å². The van der Waals surface area contributed by atoms with Gasteiger partial charge >= 0.3 is 6.09 Å². The summed E-state index contributed by atoms with van der Waals surface area (Å²) in [7, 11) is 2.99. The Labute approximate surface area is 181 Å². The molecule has 0 saturated heterocycles. The highest BCUT2D eigenvalue weighted by molar-refractivity contribution is 6.11. The number of Topliss-reactive ketones (excluding diaryl/α,β-unsaturated/α-hetero) is 1. The van der Waals surface area contributed by atoms with E-state index in [0.29, 0.717) is 22.7 Å². The van der Waals surface area contributed by atoms with E-state index in [1.165, 1.54) is 19.1 Å². The molecule has 3 aromatic rings. The molecule has 3 aromatic carbocycles. The first-order chi connectivity index (χ1) is 15.1. The third-order valence-electron chi connectivity index (χ3n) is 5.34. The number of carbonyl (C=O) groups excluding carboxylic acids is 2. The Morgan fingerprint density at radius 2 is 1.61 bits per heavy atom. The molecule has 0 fully saturated rings. The van der Waals surface area contributed by atoms with Gasteiger partial charge in [0.15, 0.2) is 17.3 Å². The van der Waals surface area contributed by atoms with Gasteiger partial charge < -0.3 is 14.2 Å². The number of hydrogen-bond acceptors (Lipinski definition) is 5. The molecule has 0 aliphatic carbocycles. The minimum Gasteiger partial charge on any atom is -0.493 e. The van der Waals surface area contributed by atoms with E-state index in [1.807, 2.05) is 60.7 Å². The van der Waals surface area contributed by atoms with Crippen molar-refractivity contribution in [3.05, 3.63) is 89.5 Å². The van der Waals surface area contributed by atoms with Crippen LogP contribution in [-0.2, 0) is 11.3 Å². The Balaban J connectivity index is 1.76. The zero-order valence-corrected chi connectivity index (χ0v) is 17.4. The highest BCUT2D eigenvalue weighted by Crippen LogP contribution is 2.46. The van der Waals surface area contributed by atoms with Crippen LogP contribution in [-0.4, -0.2) is 26.1 Å². The minimum absolute atomic E-state index is 0.112. The summed E-state index contributed by atoms with van der Waals surface area (Å²) >= 11 is 0. The number of rotatable bonds is 5. The average molecular weight is 417 g/mol. The maximum Gasteiger partial charge on any atom is 0.415 e. The third kappa shape index (κ3) is 3.97. The van der Waals surface area contributed by atoms with E-state index in [2.05, 4.69) is 0 Å². The fourth-order valence-corrected chi connectivity index (χ4v) is 3.88. The van der Waals surface area contributed by atoms with E-state index in [-0.39, 0.29) is 18.8 Å². The summed E-state index contributed by atoms with van der Waals surface area (Å²) in [4.78, 5) is 28.0. The van der Waals surface area contributed by atoms with E-state index in [9.17, 15) is 9.59 Å². The molecular weight excluding hydrogens is 394 g/mol. The van der Waals surface area contributed by atoms with Crippen molar-refractivity contribution in [1.82, 2.24) is 0 Å². The van der Waals surface area contributed by atoms with Crippen LogP contribution in [0, 0.1) is 0 Å². The molecule has 0 N–H and O–H groups in total. The molecular formula is C25H23NO5. The maximum atomic E-state index is 13.3. The van der Waals surface area contributed by atoms with Crippen molar-refractivity contribution in [3.8, 4) is 11.5 Å². The second-order valence-electron chi connectivity index (χ2n) is 7.16. The average Bonchev–Trinajstić information content (AvgIpc) is 2.82. The molecule has 0 unspecified atom stereocenters. The number of amides is 1. The van der Waals surface area contributed by atoms with Crippen LogP contribution in [0.1, 0.15) is 33.9 Å². The number of ether oxygens (including phenoxy) is 3. The molecule has 0 aromatic heterocycles. The number of carbonyl (C=O) groups is 2. The Morgan fingerprint density at radius 3 is 2.26 bits per heavy atom. The SMILES string of the molecule is COc1ccc2c(c1OC)C(=O)C[C@H](c1ccccc1)N2C(=O)OCc1ccccc1. The quantitative estimate of drug-likeness (QED) is 0.573. The van der Waals surface area contributed by atoms with Gasteiger partial charge in [-0.05, 0) is 23.3 Å². The molecule has 31 heavy (non-hydrogen) atoms. The smallest absolute Gasteiger partial charge is 0.415 e. The topological polar surface area (TPSA) is 65.1 Å². The zero-order valence-electron chi connectivity index (χ0n) is 17.4. The lowest BCUT2D eigenvalue weighted by Gasteiger charge is -2.36. The van der Waals surface area contributed by atoms with E-state index in [0.717, 1.165) is 11.1 Å². The van der Waals surface area contributed by atoms with Gasteiger partial charge in [-0.25, -0.2) is 4.79 Å². The molecule has 0 radical (unpaired) electrons. The van der Waals surface area contributed by atoms with Crippen molar-refractivity contribution in [3.63, 3.8) is 0 Å². The van der Waals surface area contributed by atoms with Crippen LogP contribution >= 0.6 is 0 Å². The van der Waals surface area contributed by atoms with Crippen molar-refractivity contribution < 1.29 is 23.8 Å². The van der Waals surface area contributed by atoms with Crippen LogP contribution in [0.15, 0.2) is 72.8 Å². The highest BCUT2D eigenvalue weighted by Gasteiger charge is 2.39. The molecule has 1 heterocycles. The van der Waals surface area contributed by atoms with E-state index < -0.39 is 12.1 Å². The second kappa shape index (κ2) is 8.92. The van der Waals surface area contributed by atoms with Crippen molar-refractivity contribution in [2.75, 3.05) is 19.1 Å². The molecule has 1 atom stereocenters. The molecule has 158 valence electrons. The van der Waals surface area contributed by atoms with Gasteiger partial charge in [-0.1, -0.05) is 60.7 Å². The largest absolute Gasteiger partial charge is 0.493 e. The first-order valence-electron chi connectivity index (χ1n) is 9.97. The Morgan fingerprint density at radius 1 is 0.935 bits per heavy atom. The lowest BCUT2D eigenvalue weighted by Crippen LogP contribution is -2.40. The lowest BCUT2D eigenvalue weighted by molar-refractivity contribution is 0.0957. The van der Waals surface area contributed by atoms with Gasteiger partial charge in [0.05, 0.1) is 31.5 Å². The number of anilines is 1. The van der Waals surface area contributed by atoms with Crippen molar-refractivity contribution in [2.24, 2.45) is 0 Å². The number of benzene rings is 3. The van der Waals surface area contributed by atoms with Crippen LogP contribution in [0.5, 0.6) is 11.5 Å². The van der Waals surface area contributed by atoms with E-state index >= 15 is 0 Å². The van der Waals surface area contributed by atoms with Gasteiger partial charge in [0.2, 0.25) is 0 Å². The van der Waals surface area contributed by atoms with Crippen molar-refractivity contribution in [2.45, 2.75) is 19.1 Å². The van der Waals surface area contributed by atoms with Gasteiger partial charge in [0.1, 0.15) is 6.61 Å². The minimum atomic E-state index is -0.529. The third-order valence-corrected chi connectivity index (χ3v) is 5.34. The summed E-state index contributed by atoms with van der Waals surface area (Å²) < 4.78 is 16.5. The highest BCUT2D eigenvalue weighted by atomic mass is 16.6. The van der Waals surface area contributed by atoms with Crippen LogP contribution in [0.2, 0.25) is 0 Å².